The molecule has 0 spiro atoms. The number of benzene rings is 10. The van der Waals surface area contributed by atoms with E-state index < -0.39 is 0 Å². The second-order valence-corrected chi connectivity index (χ2v) is 35.8. The van der Waals surface area contributed by atoms with Crippen LogP contribution in [0.1, 0.15) is 72.6 Å². The minimum Gasteiger partial charge on any atom is -0.340 e. The third-order valence-corrected chi connectivity index (χ3v) is 27.1. The Hall–Kier alpha value is -5.76. The molecule has 6 heterocycles. The van der Waals surface area contributed by atoms with Crippen LogP contribution in [0.25, 0.3) is 0 Å². The molecule has 0 saturated carbocycles. The van der Waals surface area contributed by atoms with Crippen molar-refractivity contribution in [3.8, 4) is 0 Å². The van der Waals surface area contributed by atoms with Gasteiger partial charge in [0.15, 0.2) is 0 Å². The number of para-hydroxylation sites is 5. The van der Waals surface area contributed by atoms with Crippen molar-refractivity contribution >= 4 is 174 Å². The van der Waals surface area contributed by atoms with E-state index in [2.05, 4.69) is 261 Å². The Labute approximate surface area is 675 Å². The summed E-state index contributed by atoms with van der Waals surface area (Å²) < 4.78 is 0. The van der Waals surface area contributed by atoms with E-state index in [1.54, 1.807) is 0 Å². The van der Waals surface area contributed by atoms with E-state index in [0.717, 1.165) is 123 Å². The largest absolute Gasteiger partial charge is 0.340 e. The maximum Gasteiger partial charge on any atom is 0.0567 e. The van der Waals surface area contributed by atoms with Crippen molar-refractivity contribution < 1.29 is 0 Å². The highest BCUT2D eigenvalue weighted by Gasteiger charge is 2.31. The van der Waals surface area contributed by atoms with E-state index in [1.807, 2.05) is 89.1 Å². The van der Waals surface area contributed by atoms with Crippen LogP contribution < -0.4 is 29.8 Å². The quantitative estimate of drug-likeness (QED) is 0.0618. The van der Waals surface area contributed by atoms with Crippen LogP contribution in [-0.4, -0.2) is 118 Å². The molecule has 1 fully saturated rings. The van der Waals surface area contributed by atoms with Crippen LogP contribution in [0.4, 0.5) is 56.9 Å². The average Bonchev–Trinajstić information content (AvgIpc) is 0.801. The van der Waals surface area contributed by atoms with Gasteiger partial charge in [-0.15, -0.1) is 0 Å². The van der Waals surface area contributed by atoms with Gasteiger partial charge in [-0.05, 0) is 237 Å². The van der Waals surface area contributed by atoms with Gasteiger partial charge >= 0.3 is 0 Å². The maximum absolute atomic E-state index is 6.50. The van der Waals surface area contributed by atoms with Crippen molar-refractivity contribution in [2.45, 2.75) is 140 Å². The first-order valence-corrected chi connectivity index (χ1v) is 43.2. The summed E-state index contributed by atoms with van der Waals surface area (Å²) >= 11 is 41.3. The minimum atomic E-state index is 0.483. The first-order valence-electron chi connectivity index (χ1n) is 37.3. The highest BCUT2D eigenvalue weighted by atomic mass is 35.5. The summed E-state index contributed by atoms with van der Waals surface area (Å²) in [5.41, 5.74) is 12.5. The fraction of sp³-hybridized carbons (Fsp3) is 0.310. The molecule has 6 aliphatic rings. The molecule has 0 radical (unpaired) electrons. The van der Waals surface area contributed by atoms with Crippen molar-refractivity contribution in [2.75, 3.05) is 110 Å². The number of hydrogen-bond donors (Lipinski definition) is 1. The molecule has 106 heavy (non-hydrogen) atoms. The monoisotopic (exact) mass is 1600 g/mol. The molecule has 550 valence electrons. The van der Waals surface area contributed by atoms with Gasteiger partial charge in [-0.25, -0.2) is 0 Å². The molecule has 10 aromatic rings. The fourth-order valence-electron chi connectivity index (χ4n) is 15.0. The molecule has 0 atom stereocenters. The van der Waals surface area contributed by atoms with Crippen molar-refractivity contribution in [3.63, 3.8) is 0 Å². The molecule has 6 aliphatic heterocycles. The van der Waals surface area contributed by atoms with Crippen LogP contribution in [0.2, 0.25) is 25.1 Å². The third-order valence-electron chi connectivity index (χ3n) is 20.3. The van der Waals surface area contributed by atoms with E-state index >= 15 is 0 Å². The molecule has 1 saturated heterocycles. The van der Waals surface area contributed by atoms with Gasteiger partial charge in [-0.2, -0.15) is 0 Å². The van der Waals surface area contributed by atoms with Gasteiger partial charge < -0.3 is 44.5 Å². The lowest BCUT2D eigenvalue weighted by atomic mass is 10.0. The molecular weight excluding hydrogens is 1510 g/mol. The summed E-state index contributed by atoms with van der Waals surface area (Å²) in [5.74, 6) is 0. The summed E-state index contributed by atoms with van der Waals surface area (Å²) in [6.45, 7) is 21.5. The number of nitrogens with one attached hydrogen (secondary N) is 1. The van der Waals surface area contributed by atoms with E-state index in [-0.39, 0.29) is 0 Å². The van der Waals surface area contributed by atoms with Gasteiger partial charge in [-0.3, -0.25) is 0 Å². The van der Waals surface area contributed by atoms with Crippen molar-refractivity contribution in [1.82, 2.24) is 20.0 Å². The molecule has 0 aliphatic carbocycles. The predicted octanol–water partition coefficient (Wildman–Crippen LogP) is 25.8. The third kappa shape index (κ3) is 18.6. The molecule has 0 bridgehead atoms. The van der Waals surface area contributed by atoms with Crippen LogP contribution >= 0.6 is 117 Å². The number of hydrogen-bond acceptors (Lipinski definition) is 14. The van der Waals surface area contributed by atoms with E-state index in [0.29, 0.717) is 18.1 Å². The molecule has 0 aromatic heterocycles. The van der Waals surface area contributed by atoms with Gasteiger partial charge in [-0.1, -0.05) is 191 Å². The molecule has 10 aromatic carbocycles. The predicted molar refractivity (Wildman–Crippen MR) is 460 cm³/mol. The number of nitrogens with zero attached hydrogens (tertiary/aromatic N) is 8. The minimum absolute atomic E-state index is 0.483. The molecule has 19 heteroatoms. The maximum atomic E-state index is 6.50. The highest BCUT2D eigenvalue weighted by molar-refractivity contribution is 8.00. The van der Waals surface area contributed by atoms with Crippen LogP contribution in [0, 0.1) is 0 Å². The molecule has 0 amide bonds. The van der Waals surface area contributed by atoms with E-state index in [1.165, 1.54) is 132 Å². The molecule has 16 rings (SSSR count). The number of rotatable bonds is 23. The Morgan fingerprint density at radius 3 is 0.868 bits per heavy atom. The fourth-order valence-corrected chi connectivity index (χ4v) is 21.2. The summed E-state index contributed by atoms with van der Waals surface area (Å²) in [5, 5.41) is 7.44. The van der Waals surface area contributed by atoms with Gasteiger partial charge in [0.2, 0.25) is 0 Å². The summed E-state index contributed by atoms with van der Waals surface area (Å²) in [7, 11) is 2.25. The number of anilines is 10. The summed E-state index contributed by atoms with van der Waals surface area (Å²) in [4.78, 5) is 33.1. The Bertz CT molecular complexity index is 4450. The number of halogens is 5. The summed E-state index contributed by atoms with van der Waals surface area (Å²) in [6, 6.07) is 76.5. The zero-order chi connectivity index (χ0) is 73.2. The second-order valence-electron chi connectivity index (χ2n) is 28.2. The number of fused-ring (bicyclic) bond motifs is 10. The standard InChI is InChI=1S/C36H38Cl2N4S2.C33H33Cl2N3S2.C18H21ClN2S/c1-39-22-16-28(17-23-39)40(18-6-20-41-29-8-2-4-10-33(29)43-35-14-12-26(37)24-31(35)41)19-7-21-42-30-9-3-5-11-34(30)44-36-15-13-27(38)25-32(36)42;1-23(2)36(17-7-19-37-26-9-3-5-11-30(26)39-32-15-13-24(34)21-28(32)37)18-8-20-38-27-10-4-6-12-31(27)40-33-16-14-25(35)22-29(33)38;1-13(2)20-10-5-11-21-15-6-3-4-7-17(15)22-18-9-8-14(19)12-16(18)21/h2-5,8-15,24-25,28H,6-7,16-23H2,1H3;3-6,9-16,21-23H,7-8,17-20H2,1-2H3;3-4,6-9,12-13,20H,5,10-11H2,1-2H3. The van der Waals surface area contributed by atoms with Crippen LogP contribution in [0.3, 0.4) is 0 Å². The van der Waals surface area contributed by atoms with E-state index in [9.17, 15) is 0 Å². The van der Waals surface area contributed by atoms with Crippen LogP contribution in [0.5, 0.6) is 0 Å². The number of piperidine rings is 1. The van der Waals surface area contributed by atoms with Gasteiger partial charge in [0, 0.05) is 151 Å². The first-order chi connectivity index (χ1) is 51.7. The molecular formula is C87H92Cl5N9S5. The van der Waals surface area contributed by atoms with Gasteiger partial charge in [0.1, 0.15) is 0 Å². The Morgan fingerprint density at radius 2 is 0.594 bits per heavy atom. The highest BCUT2D eigenvalue weighted by Crippen LogP contribution is 2.54. The smallest absolute Gasteiger partial charge is 0.0567 e. The number of likely N-dealkylation sites (tertiary alicyclic amines) is 1. The van der Waals surface area contributed by atoms with Crippen molar-refractivity contribution in [3.05, 3.63) is 237 Å². The lowest BCUT2D eigenvalue weighted by Gasteiger charge is -2.39. The normalized spacial score (nSPS) is 14.8. The molecule has 9 nitrogen and oxygen atoms in total. The topological polar surface area (TPSA) is 38.0 Å². The zero-order valence-corrected chi connectivity index (χ0v) is 68.7. The molecule has 0 unspecified atom stereocenters. The molecule has 1 N–H and O–H groups in total. The SMILES string of the molecule is CC(C)N(CCCN1c2ccccc2Sc2ccc(Cl)cc21)CCCN1c2ccccc2Sc2ccc(Cl)cc21.CC(C)NCCCN1c2ccccc2Sc2ccc(Cl)cc21.CN1CCC(N(CCCN2c3ccccc3Sc3ccc(Cl)cc32)CCCN2c3ccccc3Sc3ccc(Cl)cc32)CC1. The Kier molecular flexibility index (Phi) is 26.4. The van der Waals surface area contributed by atoms with Gasteiger partial charge in [0.25, 0.3) is 0 Å². The summed E-state index contributed by atoms with van der Waals surface area (Å²) in [6.07, 6.45) is 7.91. The van der Waals surface area contributed by atoms with Crippen molar-refractivity contribution in [1.29, 1.82) is 0 Å². The van der Waals surface area contributed by atoms with Crippen LogP contribution in [0.15, 0.2) is 261 Å². The first kappa shape index (κ1) is 77.0. The lowest BCUT2D eigenvalue weighted by molar-refractivity contribution is 0.119. The van der Waals surface area contributed by atoms with Crippen molar-refractivity contribution in [2.24, 2.45) is 0 Å². The van der Waals surface area contributed by atoms with Gasteiger partial charge in [0.05, 0.1) is 56.9 Å². The zero-order valence-electron chi connectivity index (χ0n) is 60.9. The average molecular weight is 1600 g/mol. The van der Waals surface area contributed by atoms with Crippen LogP contribution in [-0.2, 0) is 0 Å². The second kappa shape index (κ2) is 36.4. The Balaban J connectivity index is 0.000000141. The Morgan fingerprint density at radius 1 is 0.340 bits per heavy atom. The van der Waals surface area contributed by atoms with E-state index in [4.69, 9.17) is 58.0 Å². The lowest BCUT2D eigenvalue weighted by Crippen LogP contribution is -2.45.